The molecule has 0 spiro atoms. The second kappa shape index (κ2) is 7.72. The van der Waals surface area contributed by atoms with E-state index < -0.39 is 0 Å². The van der Waals surface area contributed by atoms with Crippen molar-refractivity contribution in [3.05, 3.63) is 57.6 Å². The summed E-state index contributed by atoms with van der Waals surface area (Å²) in [6, 6.07) is 9.39. The average molecular weight is 354 g/mol. The zero-order chi connectivity index (χ0) is 18.7. The van der Waals surface area contributed by atoms with E-state index >= 15 is 0 Å². The van der Waals surface area contributed by atoms with E-state index in [1.807, 2.05) is 45.0 Å². The van der Waals surface area contributed by atoms with E-state index in [1.54, 1.807) is 6.07 Å². The zero-order valence-electron chi connectivity index (χ0n) is 15.6. The number of aromatic nitrogens is 2. The Morgan fingerprint density at radius 3 is 2.81 bits per heavy atom. The first kappa shape index (κ1) is 18.2. The Balaban J connectivity index is 1.68. The molecule has 0 unspecified atom stereocenters. The molecular formula is C20H26N4O2. The minimum atomic E-state index is -0.332. The van der Waals surface area contributed by atoms with E-state index in [4.69, 9.17) is 0 Å². The minimum absolute atomic E-state index is 0.00253. The van der Waals surface area contributed by atoms with Crippen molar-refractivity contribution in [3.8, 4) is 0 Å². The molecular weight excluding hydrogens is 328 g/mol. The monoisotopic (exact) mass is 354 g/mol. The summed E-state index contributed by atoms with van der Waals surface area (Å²) in [6.45, 7) is 7.60. The van der Waals surface area contributed by atoms with Crippen LogP contribution in [0.5, 0.6) is 0 Å². The Bertz CT molecular complexity index is 844. The molecule has 0 aromatic carbocycles. The molecule has 26 heavy (non-hydrogen) atoms. The first-order chi connectivity index (χ1) is 12.4. The SMILES string of the molecule is Cc1cccc(N2CCC[C@@H](NC(=O)c3ccc(C(C)C)[nH]c3=O)C2)n1. The van der Waals surface area contributed by atoms with E-state index in [1.165, 1.54) is 0 Å². The van der Waals surface area contributed by atoms with Gasteiger partial charge in [0.1, 0.15) is 11.4 Å². The number of nitrogens with zero attached hydrogens (tertiary/aromatic N) is 2. The number of hydrogen-bond acceptors (Lipinski definition) is 4. The van der Waals surface area contributed by atoms with Crippen LogP contribution in [0.2, 0.25) is 0 Å². The molecule has 1 atom stereocenters. The summed E-state index contributed by atoms with van der Waals surface area (Å²) in [4.78, 5) is 34.3. The maximum atomic E-state index is 12.5. The van der Waals surface area contributed by atoms with Crippen LogP contribution in [-0.4, -0.2) is 35.0 Å². The molecule has 0 bridgehead atoms. The normalized spacial score (nSPS) is 17.4. The Morgan fingerprint density at radius 1 is 1.31 bits per heavy atom. The number of hydrogen-bond donors (Lipinski definition) is 2. The molecule has 1 saturated heterocycles. The van der Waals surface area contributed by atoms with E-state index in [0.717, 1.165) is 36.6 Å². The standard InChI is InChI=1S/C20H26N4O2/c1-13(2)17-10-9-16(20(26)23-17)19(25)22-15-7-5-11-24(12-15)18-8-4-6-14(3)21-18/h4,6,8-10,13,15H,5,7,11-12H2,1-3H3,(H,22,25)(H,23,26)/t15-/m1/s1. The van der Waals surface area contributed by atoms with Crippen LogP contribution in [0.25, 0.3) is 0 Å². The molecule has 0 saturated carbocycles. The quantitative estimate of drug-likeness (QED) is 0.885. The Labute approximate surface area is 153 Å². The van der Waals surface area contributed by atoms with Gasteiger partial charge in [0.25, 0.3) is 11.5 Å². The maximum Gasteiger partial charge on any atom is 0.261 e. The molecule has 3 rings (SSSR count). The summed E-state index contributed by atoms with van der Waals surface area (Å²) in [5.74, 6) is 0.835. The van der Waals surface area contributed by atoms with Crippen LogP contribution in [0.4, 0.5) is 5.82 Å². The first-order valence-electron chi connectivity index (χ1n) is 9.16. The molecule has 1 aliphatic rings. The van der Waals surface area contributed by atoms with Gasteiger partial charge >= 0.3 is 0 Å². The van der Waals surface area contributed by atoms with Gasteiger partial charge in [-0.05, 0) is 49.9 Å². The molecule has 3 heterocycles. The predicted octanol–water partition coefficient (Wildman–Crippen LogP) is 2.60. The third-order valence-corrected chi connectivity index (χ3v) is 4.75. The number of aromatic amines is 1. The third kappa shape index (κ3) is 4.12. The molecule has 2 N–H and O–H groups in total. The molecule has 1 amide bonds. The van der Waals surface area contributed by atoms with Crippen LogP contribution in [-0.2, 0) is 0 Å². The summed E-state index contributed by atoms with van der Waals surface area (Å²) in [7, 11) is 0. The van der Waals surface area contributed by atoms with Crippen molar-refractivity contribution in [3.63, 3.8) is 0 Å². The van der Waals surface area contributed by atoms with Crippen molar-refractivity contribution < 1.29 is 4.79 Å². The van der Waals surface area contributed by atoms with Crippen molar-refractivity contribution in [2.75, 3.05) is 18.0 Å². The topological polar surface area (TPSA) is 78.1 Å². The van der Waals surface area contributed by atoms with Gasteiger partial charge in [0.2, 0.25) is 0 Å². The van der Waals surface area contributed by atoms with Gasteiger partial charge in [0.15, 0.2) is 0 Å². The molecule has 0 aliphatic carbocycles. The van der Waals surface area contributed by atoms with Crippen molar-refractivity contribution in [1.29, 1.82) is 0 Å². The number of piperidine rings is 1. The van der Waals surface area contributed by atoms with Gasteiger partial charge < -0.3 is 15.2 Å². The van der Waals surface area contributed by atoms with Crippen LogP contribution in [0.15, 0.2) is 35.1 Å². The number of amides is 1. The van der Waals surface area contributed by atoms with Crippen LogP contribution >= 0.6 is 0 Å². The van der Waals surface area contributed by atoms with Crippen LogP contribution < -0.4 is 15.8 Å². The van der Waals surface area contributed by atoms with Crippen molar-refractivity contribution >= 4 is 11.7 Å². The summed E-state index contributed by atoms with van der Waals surface area (Å²) in [5.41, 5.74) is 1.65. The number of nitrogens with one attached hydrogen (secondary N) is 2. The van der Waals surface area contributed by atoms with Crippen molar-refractivity contribution in [2.45, 2.75) is 45.6 Å². The van der Waals surface area contributed by atoms with Gasteiger partial charge in [-0.15, -0.1) is 0 Å². The largest absolute Gasteiger partial charge is 0.355 e. The summed E-state index contributed by atoms with van der Waals surface area (Å²) in [5, 5.41) is 3.01. The number of aryl methyl sites for hydroxylation is 1. The van der Waals surface area contributed by atoms with Gasteiger partial charge in [-0.3, -0.25) is 9.59 Å². The fraction of sp³-hybridized carbons (Fsp3) is 0.450. The van der Waals surface area contributed by atoms with E-state index in [2.05, 4.69) is 20.2 Å². The molecule has 0 radical (unpaired) electrons. The highest BCUT2D eigenvalue weighted by atomic mass is 16.2. The lowest BCUT2D eigenvalue weighted by Crippen LogP contribution is -2.48. The Hall–Kier alpha value is -2.63. The number of rotatable bonds is 4. The van der Waals surface area contributed by atoms with E-state index in [-0.39, 0.29) is 29.0 Å². The summed E-state index contributed by atoms with van der Waals surface area (Å²) < 4.78 is 0. The summed E-state index contributed by atoms with van der Waals surface area (Å²) in [6.07, 6.45) is 1.87. The fourth-order valence-corrected chi connectivity index (χ4v) is 3.28. The summed E-state index contributed by atoms with van der Waals surface area (Å²) >= 11 is 0. The van der Waals surface area contributed by atoms with Crippen LogP contribution in [0.1, 0.15) is 54.4 Å². The van der Waals surface area contributed by atoms with Gasteiger partial charge in [0, 0.05) is 30.5 Å². The zero-order valence-corrected chi connectivity index (χ0v) is 15.6. The average Bonchev–Trinajstić information content (AvgIpc) is 2.61. The lowest BCUT2D eigenvalue weighted by Gasteiger charge is -2.34. The predicted molar refractivity (Wildman–Crippen MR) is 103 cm³/mol. The van der Waals surface area contributed by atoms with Gasteiger partial charge in [-0.25, -0.2) is 4.98 Å². The maximum absolute atomic E-state index is 12.5. The van der Waals surface area contributed by atoms with E-state index in [0.29, 0.717) is 6.54 Å². The number of H-pyrrole nitrogens is 1. The van der Waals surface area contributed by atoms with Crippen LogP contribution in [0, 0.1) is 6.92 Å². The van der Waals surface area contributed by atoms with Gasteiger partial charge in [0.05, 0.1) is 0 Å². The molecule has 138 valence electrons. The lowest BCUT2D eigenvalue weighted by atomic mass is 10.0. The molecule has 6 heteroatoms. The lowest BCUT2D eigenvalue weighted by molar-refractivity contribution is 0.0931. The first-order valence-corrected chi connectivity index (χ1v) is 9.16. The third-order valence-electron chi connectivity index (χ3n) is 4.75. The van der Waals surface area contributed by atoms with Gasteiger partial charge in [-0.1, -0.05) is 19.9 Å². The Kier molecular flexibility index (Phi) is 5.40. The second-order valence-corrected chi connectivity index (χ2v) is 7.21. The minimum Gasteiger partial charge on any atom is -0.355 e. The van der Waals surface area contributed by atoms with Gasteiger partial charge in [-0.2, -0.15) is 0 Å². The number of carbonyl (C=O) groups excluding carboxylic acids is 1. The number of carbonyl (C=O) groups is 1. The fourth-order valence-electron chi connectivity index (χ4n) is 3.28. The molecule has 1 fully saturated rings. The van der Waals surface area contributed by atoms with Crippen LogP contribution in [0.3, 0.4) is 0 Å². The number of anilines is 1. The van der Waals surface area contributed by atoms with Crippen molar-refractivity contribution in [1.82, 2.24) is 15.3 Å². The molecule has 1 aliphatic heterocycles. The molecule has 6 nitrogen and oxygen atoms in total. The van der Waals surface area contributed by atoms with Crippen molar-refractivity contribution in [2.24, 2.45) is 0 Å². The molecule has 2 aromatic rings. The highest BCUT2D eigenvalue weighted by Gasteiger charge is 2.23. The molecule has 2 aromatic heterocycles. The smallest absolute Gasteiger partial charge is 0.261 e. The van der Waals surface area contributed by atoms with E-state index in [9.17, 15) is 9.59 Å². The second-order valence-electron chi connectivity index (χ2n) is 7.21. The Morgan fingerprint density at radius 2 is 2.12 bits per heavy atom. The highest BCUT2D eigenvalue weighted by molar-refractivity contribution is 5.94. The highest BCUT2D eigenvalue weighted by Crippen LogP contribution is 2.18. The number of pyridine rings is 2.